The van der Waals surface area contributed by atoms with Gasteiger partial charge in [-0.05, 0) is 29.2 Å². The van der Waals surface area contributed by atoms with Crippen molar-refractivity contribution >= 4 is 23.2 Å². The Bertz CT molecular complexity index is 560. The molecular formula is C14H17F3N2O2. The van der Waals surface area contributed by atoms with E-state index in [2.05, 4.69) is 5.32 Å². The largest absolute Gasteiger partial charge is 0.471 e. The topological polar surface area (TPSA) is 58.2 Å². The third-order valence-corrected chi connectivity index (χ3v) is 2.63. The number of halogens is 3. The minimum absolute atomic E-state index is 0.0199. The number of nitrogens with one attached hydrogen (secondary N) is 2. The summed E-state index contributed by atoms with van der Waals surface area (Å²) in [6.45, 7) is 6.90. The maximum atomic E-state index is 12.3. The van der Waals surface area contributed by atoms with E-state index >= 15 is 0 Å². The van der Waals surface area contributed by atoms with Gasteiger partial charge in [0.05, 0.1) is 0 Å². The standard InChI is InChI=1S/C14H17F3N2O2/c1-8(20)18-10-5-9(13(2,3)4)6-11(7-10)19-12(21)14(15,16)17/h5-7H,1-4H3,(H,18,20)(H,19,21). The van der Waals surface area contributed by atoms with Gasteiger partial charge in [-0.15, -0.1) is 0 Å². The van der Waals surface area contributed by atoms with E-state index in [-0.39, 0.29) is 17.0 Å². The normalized spacial score (nSPS) is 12.0. The van der Waals surface area contributed by atoms with Crippen LogP contribution >= 0.6 is 0 Å². The second-order valence-corrected chi connectivity index (χ2v) is 5.68. The zero-order chi connectivity index (χ0) is 16.4. The molecule has 0 radical (unpaired) electrons. The van der Waals surface area contributed by atoms with Gasteiger partial charge >= 0.3 is 12.1 Å². The number of benzene rings is 1. The summed E-state index contributed by atoms with van der Waals surface area (Å²) in [6.07, 6.45) is -4.97. The van der Waals surface area contributed by atoms with E-state index in [0.29, 0.717) is 11.3 Å². The average molecular weight is 302 g/mol. The fraction of sp³-hybridized carbons (Fsp3) is 0.429. The van der Waals surface area contributed by atoms with Gasteiger partial charge in [0.2, 0.25) is 5.91 Å². The summed E-state index contributed by atoms with van der Waals surface area (Å²) in [4.78, 5) is 22.1. The minimum Gasteiger partial charge on any atom is -0.326 e. The highest BCUT2D eigenvalue weighted by molar-refractivity contribution is 5.96. The highest BCUT2D eigenvalue weighted by Gasteiger charge is 2.38. The van der Waals surface area contributed by atoms with Crippen LogP contribution in [0.15, 0.2) is 18.2 Å². The fourth-order valence-electron chi connectivity index (χ4n) is 1.61. The first kappa shape index (κ1) is 17.0. The lowest BCUT2D eigenvalue weighted by molar-refractivity contribution is -0.167. The molecule has 1 aromatic rings. The molecule has 0 saturated carbocycles. The molecule has 116 valence electrons. The molecule has 0 atom stereocenters. The van der Waals surface area contributed by atoms with Crippen LogP contribution in [0.25, 0.3) is 0 Å². The molecule has 0 unspecified atom stereocenters. The molecule has 0 fully saturated rings. The molecule has 0 aliphatic heterocycles. The molecule has 0 heterocycles. The van der Waals surface area contributed by atoms with Gasteiger partial charge in [-0.25, -0.2) is 0 Å². The molecule has 2 N–H and O–H groups in total. The number of carbonyl (C=O) groups excluding carboxylic acids is 2. The highest BCUT2D eigenvalue weighted by Crippen LogP contribution is 2.29. The van der Waals surface area contributed by atoms with Gasteiger partial charge in [0.25, 0.3) is 0 Å². The number of carbonyl (C=O) groups is 2. The molecule has 0 bridgehead atoms. The van der Waals surface area contributed by atoms with Crippen molar-refractivity contribution in [3.8, 4) is 0 Å². The first-order valence-corrected chi connectivity index (χ1v) is 6.21. The Labute approximate surface area is 120 Å². The predicted octanol–water partition coefficient (Wildman–Crippen LogP) is 3.44. The number of amides is 2. The van der Waals surface area contributed by atoms with Crippen LogP contribution in [-0.2, 0) is 15.0 Å². The van der Waals surface area contributed by atoms with Crippen molar-refractivity contribution in [3.63, 3.8) is 0 Å². The smallest absolute Gasteiger partial charge is 0.326 e. The van der Waals surface area contributed by atoms with Crippen molar-refractivity contribution in [2.75, 3.05) is 10.6 Å². The average Bonchev–Trinajstić information content (AvgIpc) is 2.24. The van der Waals surface area contributed by atoms with Gasteiger partial charge in [-0.3, -0.25) is 9.59 Å². The summed E-state index contributed by atoms with van der Waals surface area (Å²) in [5, 5.41) is 4.29. The second kappa shape index (κ2) is 5.75. The molecule has 0 aliphatic rings. The first-order valence-electron chi connectivity index (χ1n) is 6.21. The number of anilines is 2. The quantitative estimate of drug-likeness (QED) is 0.879. The number of alkyl halides is 3. The summed E-state index contributed by atoms with van der Waals surface area (Å²) in [5.41, 5.74) is 0.638. The van der Waals surface area contributed by atoms with Crippen molar-refractivity contribution in [2.24, 2.45) is 0 Å². The van der Waals surface area contributed by atoms with E-state index in [1.165, 1.54) is 19.1 Å². The molecular weight excluding hydrogens is 285 g/mol. The maximum Gasteiger partial charge on any atom is 0.471 e. The van der Waals surface area contributed by atoms with Crippen LogP contribution < -0.4 is 10.6 Å². The number of rotatable bonds is 2. The summed E-state index contributed by atoms with van der Waals surface area (Å²) in [5.74, 6) is -2.41. The van der Waals surface area contributed by atoms with Crippen LogP contribution in [0, 0.1) is 0 Å². The minimum atomic E-state index is -4.97. The van der Waals surface area contributed by atoms with E-state index in [1.807, 2.05) is 20.8 Å². The van der Waals surface area contributed by atoms with Crippen LogP contribution in [0.1, 0.15) is 33.3 Å². The van der Waals surface area contributed by atoms with Crippen LogP contribution in [-0.4, -0.2) is 18.0 Å². The Morgan fingerprint density at radius 3 is 1.81 bits per heavy atom. The lowest BCUT2D eigenvalue weighted by atomic mass is 9.86. The van der Waals surface area contributed by atoms with Crippen molar-refractivity contribution in [1.29, 1.82) is 0 Å². The monoisotopic (exact) mass is 302 g/mol. The van der Waals surface area contributed by atoms with Crippen LogP contribution in [0.2, 0.25) is 0 Å². The van der Waals surface area contributed by atoms with Gasteiger partial charge in [0, 0.05) is 18.3 Å². The van der Waals surface area contributed by atoms with Gasteiger partial charge in [-0.2, -0.15) is 13.2 Å². The molecule has 1 aromatic carbocycles. The van der Waals surface area contributed by atoms with Gasteiger partial charge in [0.15, 0.2) is 0 Å². The van der Waals surface area contributed by atoms with Crippen molar-refractivity contribution in [2.45, 2.75) is 39.3 Å². The molecule has 7 heteroatoms. The van der Waals surface area contributed by atoms with Gasteiger partial charge in [0.1, 0.15) is 0 Å². The Hall–Kier alpha value is -2.05. The Morgan fingerprint density at radius 2 is 1.43 bits per heavy atom. The van der Waals surface area contributed by atoms with Gasteiger partial charge in [-0.1, -0.05) is 20.8 Å². The van der Waals surface area contributed by atoms with E-state index in [9.17, 15) is 22.8 Å². The van der Waals surface area contributed by atoms with E-state index in [0.717, 1.165) is 0 Å². The molecule has 2 amide bonds. The molecule has 0 saturated heterocycles. The lowest BCUT2D eigenvalue weighted by Crippen LogP contribution is -2.30. The summed E-state index contributed by atoms with van der Waals surface area (Å²) in [6, 6.07) is 4.39. The zero-order valence-electron chi connectivity index (χ0n) is 12.2. The molecule has 4 nitrogen and oxygen atoms in total. The van der Waals surface area contributed by atoms with E-state index < -0.39 is 12.1 Å². The third-order valence-electron chi connectivity index (χ3n) is 2.63. The summed E-state index contributed by atoms with van der Waals surface area (Å²) in [7, 11) is 0. The van der Waals surface area contributed by atoms with Gasteiger partial charge < -0.3 is 10.6 Å². The van der Waals surface area contributed by atoms with E-state index in [4.69, 9.17) is 0 Å². The lowest BCUT2D eigenvalue weighted by Gasteiger charge is -2.21. The highest BCUT2D eigenvalue weighted by atomic mass is 19.4. The van der Waals surface area contributed by atoms with E-state index in [1.54, 1.807) is 11.4 Å². The van der Waals surface area contributed by atoms with Crippen LogP contribution in [0.4, 0.5) is 24.5 Å². The molecule has 1 rings (SSSR count). The van der Waals surface area contributed by atoms with Crippen molar-refractivity contribution in [1.82, 2.24) is 0 Å². The molecule has 0 aliphatic carbocycles. The fourth-order valence-corrected chi connectivity index (χ4v) is 1.61. The maximum absolute atomic E-state index is 12.3. The molecule has 0 spiro atoms. The Morgan fingerprint density at radius 1 is 0.952 bits per heavy atom. The molecule has 21 heavy (non-hydrogen) atoms. The van der Waals surface area contributed by atoms with Crippen LogP contribution in [0.3, 0.4) is 0 Å². The zero-order valence-corrected chi connectivity index (χ0v) is 12.2. The Kier molecular flexibility index (Phi) is 4.65. The number of hydrogen-bond acceptors (Lipinski definition) is 2. The van der Waals surface area contributed by atoms with Crippen LogP contribution in [0.5, 0.6) is 0 Å². The first-order chi connectivity index (χ1) is 9.39. The SMILES string of the molecule is CC(=O)Nc1cc(NC(=O)C(F)(F)F)cc(C(C)(C)C)c1. The summed E-state index contributed by atoms with van der Waals surface area (Å²) < 4.78 is 36.9. The predicted molar refractivity (Wildman–Crippen MR) is 74.1 cm³/mol. The third kappa shape index (κ3) is 5.09. The molecule has 0 aromatic heterocycles. The summed E-state index contributed by atoms with van der Waals surface area (Å²) >= 11 is 0. The van der Waals surface area contributed by atoms with Crippen molar-refractivity contribution < 1.29 is 22.8 Å². The Balaban J connectivity index is 3.19. The second-order valence-electron chi connectivity index (χ2n) is 5.68. The van der Waals surface area contributed by atoms with Crippen molar-refractivity contribution in [3.05, 3.63) is 23.8 Å². The number of hydrogen-bond donors (Lipinski definition) is 2.